The van der Waals surface area contributed by atoms with Crippen LogP contribution in [0.15, 0.2) is 12.1 Å². The molecule has 3 nitrogen and oxygen atoms in total. The van der Waals surface area contributed by atoms with Gasteiger partial charge in [-0.2, -0.15) is 0 Å². The summed E-state index contributed by atoms with van der Waals surface area (Å²) in [5, 5.41) is 9.10. The molecule has 0 spiro atoms. The fourth-order valence-electron chi connectivity index (χ4n) is 2.93. The average molecular weight is 218 g/mol. The van der Waals surface area contributed by atoms with E-state index in [0.717, 1.165) is 47.9 Å². The SMILES string of the molecule is Cc1nc(N2C[C@@H]3[C@H](C)[C@@H]3C2)ccc1CO. The standard InChI is InChI=1S/C13H18N2O/c1-8-11-5-15(6-12(8)11)13-4-3-10(7-16)9(2)14-13/h3-4,8,11-12,16H,5-7H2,1-2H3/t8-,11+,12-. The largest absolute Gasteiger partial charge is 0.392 e. The van der Waals surface area contributed by atoms with Crippen LogP contribution in [0.5, 0.6) is 0 Å². The number of hydrogen-bond donors (Lipinski definition) is 1. The molecule has 2 aliphatic rings. The summed E-state index contributed by atoms with van der Waals surface area (Å²) < 4.78 is 0. The first-order valence-electron chi connectivity index (χ1n) is 6.03. The molecule has 0 aromatic carbocycles. The lowest BCUT2D eigenvalue weighted by Crippen LogP contribution is -2.24. The minimum Gasteiger partial charge on any atom is -0.392 e. The van der Waals surface area contributed by atoms with Crippen molar-refractivity contribution >= 4 is 5.82 Å². The summed E-state index contributed by atoms with van der Waals surface area (Å²) in [4.78, 5) is 6.95. The van der Waals surface area contributed by atoms with Gasteiger partial charge in [0.1, 0.15) is 5.82 Å². The highest BCUT2D eigenvalue weighted by Gasteiger charge is 2.52. The van der Waals surface area contributed by atoms with Gasteiger partial charge in [0, 0.05) is 18.8 Å². The Morgan fingerprint density at radius 3 is 2.62 bits per heavy atom. The summed E-state index contributed by atoms with van der Waals surface area (Å²) in [6.45, 7) is 6.73. The van der Waals surface area contributed by atoms with E-state index in [2.05, 4.69) is 16.8 Å². The Kier molecular flexibility index (Phi) is 2.18. The Bertz CT molecular complexity index is 406. The maximum Gasteiger partial charge on any atom is 0.128 e. The zero-order chi connectivity index (χ0) is 11.3. The molecule has 0 amide bonds. The summed E-state index contributed by atoms with van der Waals surface area (Å²) >= 11 is 0. The number of nitrogens with zero attached hydrogens (tertiary/aromatic N) is 2. The molecule has 0 unspecified atom stereocenters. The maximum absolute atomic E-state index is 9.10. The lowest BCUT2D eigenvalue weighted by molar-refractivity contribution is 0.280. The van der Waals surface area contributed by atoms with E-state index in [1.54, 1.807) is 0 Å². The van der Waals surface area contributed by atoms with Crippen LogP contribution >= 0.6 is 0 Å². The summed E-state index contributed by atoms with van der Waals surface area (Å²) in [7, 11) is 0. The fraction of sp³-hybridized carbons (Fsp3) is 0.615. The van der Waals surface area contributed by atoms with E-state index < -0.39 is 0 Å². The van der Waals surface area contributed by atoms with Gasteiger partial charge >= 0.3 is 0 Å². The van der Waals surface area contributed by atoms with Crippen molar-refractivity contribution in [2.45, 2.75) is 20.5 Å². The van der Waals surface area contributed by atoms with Crippen LogP contribution in [0.1, 0.15) is 18.2 Å². The average Bonchev–Trinajstić information content (AvgIpc) is 2.75. The fourth-order valence-corrected chi connectivity index (χ4v) is 2.93. The van der Waals surface area contributed by atoms with E-state index >= 15 is 0 Å². The van der Waals surface area contributed by atoms with E-state index in [-0.39, 0.29) is 6.61 Å². The quantitative estimate of drug-likeness (QED) is 0.819. The van der Waals surface area contributed by atoms with Crippen molar-refractivity contribution in [1.82, 2.24) is 4.98 Å². The third kappa shape index (κ3) is 1.42. The molecule has 1 aromatic rings. The molecule has 1 aliphatic carbocycles. The Balaban J connectivity index is 1.78. The number of anilines is 1. The van der Waals surface area contributed by atoms with Gasteiger partial charge in [0.25, 0.3) is 0 Å². The van der Waals surface area contributed by atoms with Crippen molar-refractivity contribution in [1.29, 1.82) is 0 Å². The van der Waals surface area contributed by atoms with Gasteiger partial charge < -0.3 is 10.0 Å². The molecule has 2 heterocycles. The minimum absolute atomic E-state index is 0.0847. The molecule has 1 aromatic heterocycles. The smallest absolute Gasteiger partial charge is 0.128 e. The predicted molar refractivity (Wildman–Crippen MR) is 63.3 cm³/mol. The number of pyridine rings is 1. The van der Waals surface area contributed by atoms with E-state index in [0.29, 0.717) is 0 Å². The third-order valence-electron chi connectivity index (χ3n) is 4.30. The van der Waals surface area contributed by atoms with Gasteiger partial charge in [-0.15, -0.1) is 0 Å². The minimum atomic E-state index is 0.0847. The molecule has 86 valence electrons. The third-order valence-corrected chi connectivity index (χ3v) is 4.30. The van der Waals surface area contributed by atoms with Crippen molar-refractivity contribution in [3.05, 3.63) is 23.4 Å². The number of aliphatic hydroxyl groups is 1. The first kappa shape index (κ1) is 10.1. The second-order valence-electron chi connectivity index (χ2n) is 5.16. The Morgan fingerprint density at radius 2 is 2.06 bits per heavy atom. The van der Waals surface area contributed by atoms with E-state index in [1.165, 1.54) is 0 Å². The molecular weight excluding hydrogens is 200 g/mol. The molecule has 0 radical (unpaired) electrons. The second kappa shape index (κ2) is 3.45. The van der Waals surface area contributed by atoms with Gasteiger partial charge in [0.2, 0.25) is 0 Å². The normalized spacial score (nSPS) is 31.7. The molecule has 3 rings (SSSR count). The van der Waals surface area contributed by atoms with Crippen LogP contribution in [0.25, 0.3) is 0 Å². The highest BCUT2D eigenvalue weighted by molar-refractivity contribution is 5.44. The van der Waals surface area contributed by atoms with Gasteiger partial charge in [-0.1, -0.05) is 13.0 Å². The number of hydrogen-bond acceptors (Lipinski definition) is 3. The molecule has 2 fully saturated rings. The zero-order valence-electron chi connectivity index (χ0n) is 9.85. The van der Waals surface area contributed by atoms with E-state index in [9.17, 15) is 0 Å². The maximum atomic E-state index is 9.10. The van der Waals surface area contributed by atoms with Crippen LogP contribution in [0.2, 0.25) is 0 Å². The predicted octanol–water partition coefficient (Wildman–Crippen LogP) is 1.58. The van der Waals surface area contributed by atoms with Crippen LogP contribution in [0, 0.1) is 24.7 Å². The Hall–Kier alpha value is -1.09. The molecule has 3 heteroatoms. The monoisotopic (exact) mass is 218 g/mol. The van der Waals surface area contributed by atoms with Crippen LogP contribution in [-0.4, -0.2) is 23.2 Å². The molecule has 1 N–H and O–H groups in total. The van der Waals surface area contributed by atoms with Crippen LogP contribution in [0.4, 0.5) is 5.82 Å². The Labute approximate surface area is 96.1 Å². The number of aromatic nitrogens is 1. The Morgan fingerprint density at radius 1 is 1.38 bits per heavy atom. The van der Waals surface area contributed by atoms with Crippen molar-refractivity contribution in [3.8, 4) is 0 Å². The highest BCUT2D eigenvalue weighted by atomic mass is 16.3. The highest BCUT2D eigenvalue weighted by Crippen LogP contribution is 2.51. The van der Waals surface area contributed by atoms with E-state index in [4.69, 9.17) is 5.11 Å². The summed E-state index contributed by atoms with van der Waals surface area (Å²) in [5.74, 6) is 3.81. The number of rotatable bonds is 2. The van der Waals surface area contributed by atoms with Gasteiger partial charge in [-0.05, 0) is 36.3 Å². The molecule has 1 aliphatic heterocycles. The van der Waals surface area contributed by atoms with Gasteiger partial charge in [0.15, 0.2) is 0 Å². The van der Waals surface area contributed by atoms with Crippen molar-refractivity contribution in [3.63, 3.8) is 0 Å². The van der Waals surface area contributed by atoms with Crippen LogP contribution in [0.3, 0.4) is 0 Å². The molecule has 1 saturated carbocycles. The molecule has 3 atom stereocenters. The zero-order valence-corrected chi connectivity index (χ0v) is 9.85. The molecule has 0 bridgehead atoms. The van der Waals surface area contributed by atoms with Crippen LogP contribution in [-0.2, 0) is 6.61 Å². The topological polar surface area (TPSA) is 36.4 Å². The van der Waals surface area contributed by atoms with Crippen molar-refractivity contribution < 1.29 is 5.11 Å². The summed E-state index contributed by atoms with van der Waals surface area (Å²) in [5.41, 5.74) is 1.88. The second-order valence-corrected chi connectivity index (χ2v) is 5.16. The number of fused-ring (bicyclic) bond motifs is 1. The van der Waals surface area contributed by atoms with Crippen molar-refractivity contribution in [2.24, 2.45) is 17.8 Å². The first-order valence-corrected chi connectivity index (χ1v) is 6.03. The first-order chi connectivity index (χ1) is 7.70. The molecule has 1 saturated heterocycles. The number of piperidine rings is 1. The lowest BCUT2D eigenvalue weighted by Gasteiger charge is -2.21. The lowest BCUT2D eigenvalue weighted by atomic mass is 10.2. The van der Waals surface area contributed by atoms with Gasteiger partial charge in [-0.25, -0.2) is 4.98 Å². The summed E-state index contributed by atoms with van der Waals surface area (Å²) in [6, 6.07) is 4.03. The van der Waals surface area contributed by atoms with Gasteiger partial charge in [-0.3, -0.25) is 0 Å². The van der Waals surface area contributed by atoms with E-state index in [1.807, 2.05) is 19.1 Å². The van der Waals surface area contributed by atoms with Crippen LogP contribution < -0.4 is 4.90 Å². The molecule has 16 heavy (non-hydrogen) atoms. The number of aliphatic hydroxyl groups excluding tert-OH is 1. The molecular formula is C13H18N2O. The number of aryl methyl sites for hydroxylation is 1. The summed E-state index contributed by atoms with van der Waals surface area (Å²) in [6.07, 6.45) is 0. The van der Waals surface area contributed by atoms with Crippen molar-refractivity contribution in [2.75, 3.05) is 18.0 Å². The van der Waals surface area contributed by atoms with Gasteiger partial charge in [0.05, 0.1) is 6.61 Å².